The predicted molar refractivity (Wildman–Crippen MR) is 107 cm³/mol. The van der Waals surface area contributed by atoms with E-state index in [4.69, 9.17) is 4.42 Å². The van der Waals surface area contributed by atoms with Crippen LogP contribution in [0.3, 0.4) is 0 Å². The van der Waals surface area contributed by atoms with Gasteiger partial charge in [0.15, 0.2) is 0 Å². The lowest BCUT2D eigenvalue weighted by Crippen LogP contribution is -2.22. The fraction of sp³-hybridized carbons (Fsp3) is 0.300. The molecule has 3 rings (SSSR count). The third-order valence-electron chi connectivity index (χ3n) is 4.67. The Morgan fingerprint density at radius 2 is 1.68 bits per heavy atom. The molecule has 146 valence electrons. The van der Waals surface area contributed by atoms with Crippen molar-refractivity contribution in [3.63, 3.8) is 0 Å². The van der Waals surface area contributed by atoms with E-state index in [1.54, 1.807) is 12.1 Å². The molecule has 0 fully saturated rings. The lowest BCUT2D eigenvalue weighted by molar-refractivity contribution is -0.384. The Kier molecular flexibility index (Phi) is 5.70. The van der Waals surface area contributed by atoms with Crippen molar-refractivity contribution in [1.29, 1.82) is 0 Å². The van der Waals surface area contributed by atoms with Crippen LogP contribution in [-0.2, 0) is 6.54 Å². The minimum atomic E-state index is -0.439. The maximum atomic E-state index is 10.8. The second-order valence-corrected chi connectivity index (χ2v) is 6.90. The molecule has 0 aliphatic heterocycles. The molecule has 1 heterocycles. The minimum absolute atomic E-state index is 0.0249. The third-order valence-corrected chi connectivity index (χ3v) is 4.67. The van der Waals surface area contributed by atoms with Crippen molar-refractivity contribution in [2.24, 2.45) is 0 Å². The number of nitro groups is 1. The van der Waals surface area contributed by atoms with E-state index in [1.807, 2.05) is 28.1 Å². The molecule has 8 heteroatoms. The zero-order chi connectivity index (χ0) is 20.3. The van der Waals surface area contributed by atoms with Gasteiger partial charge in [-0.25, -0.2) is 0 Å². The number of hydrogen-bond donors (Lipinski definition) is 0. The zero-order valence-electron chi connectivity index (χ0n) is 16.4. The molecule has 0 unspecified atom stereocenters. The Morgan fingerprint density at radius 1 is 1.04 bits per heavy atom. The number of nitrogens with zero attached hydrogens (tertiary/aromatic N) is 5. The fourth-order valence-electron chi connectivity index (χ4n) is 2.76. The van der Waals surface area contributed by atoms with Crippen LogP contribution in [0.2, 0.25) is 0 Å². The Bertz CT molecular complexity index is 935. The van der Waals surface area contributed by atoms with Gasteiger partial charge in [-0.05, 0) is 43.8 Å². The summed E-state index contributed by atoms with van der Waals surface area (Å²) in [6, 6.07) is 14.4. The highest BCUT2D eigenvalue weighted by Crippen LogP contribution is 2.26. The summed E-state index contributed by atoms with van der Waals surface area (Å²) in [4.78, 5) is 14.5. The number of nitro benzene ring substituents is 1. The highest BCUT2D eigenvalue weighted by Gasteiger charge is 2.19. The summed E-state index contributed by atoms with van der Waals surface area (Å²) in [5.41, 5.74) is 3.02. The van der Waals surface area contributed by atoms with Gasteiger partial charge in [0.1, 0.15) is 0 Å². The topological polar surface area (TPSA) is 88.5 Å². The Labute approximate surface area is 163 Å². The molecule has 0 saturated heterocycles. The lowest BCUT2D eigenvalue weighted by Gasteiger charge is -2.22. The van der Waals surface area contributed by atoms with Gasteiger partial charge in [-0.15, -0.1) is 10.2 Å². The molecule has 0 amide bonds. The van der Waals surface area contributed by atoms with Gasteiger partial charge in [0.25, 0.3) is 5.69 Å². The van der Waals surface area contributed by atoms with E-state index in [-0.39, 0.29) is 11.7 Å². The van der Waals surface area contributed by atoms with Crippen LogP contribution in [-0.4, -0.2) is 41.2 Å². The summed E-state index contributed by atoms with van der Waals surface area (Å²) in [5.74, 6) is 0.848. The molecule has 28 heavy (non-hydrogen) atoms. The van der Waals surface area contributed by atoms with Crippen molar-refractivity contribution in [3.05, 3.63) is 70.1 Å². The minimum Gasteiger partial charge on any atom is -0.419 e. The van der Waals surface area contributed by atoms with Crippen LogP contribution in [0.25, 0.3) is 11.5 Å². The van der Waals surface area contributed by atoms with Gasteiger partial charge < -0.3 is 9.32 Å². The maximum Gasteiger partial charge on any atom is 0.269 e. The maximum absolute atomic E-state index is 10.8. The average molecular weight is 381 g/mol. The second-order valence-electron chi connectivity index (χ2n) is 6.90. The first-order chi connectivity index (χ1) is 13.3. The van der Waals surface area contributed by atoms with Gasteiger partial charge in [-0.1, -0.05) is 12.1 Å². The molecule has 0 bridgehead atoms. The molecule has 0 N–H and O–H groups in total. The van der Waals surface area contributed by atoms with E-state index in [0.717, 1.165) is 12.2 Å². The number of aromatic nitrogens is 2. The predicted octanol–water partition coefficient (Wildman–Crippen LogP) is 3.90. The van der Waals surface area contributed by atoms with Gasteiger partial charge in [0.2, 0.25) is 11.8 Å². The quantitative estimate of drug-likeness (QED) is 0.453. The smallest absolute Gasteiger partial charge is 0.269 e. The summed E-state index contributed by atoms with van der Waals surface area (Å²) in [7, 11) is 6.03. The number of benzene rings is 2. The first kappa shape index (κ1) is 19.5. The van der Waals surface area contributed by atoms with Crippen LogP contribution in [0.5, 0.6) is 0 Å². The van der Waals surface area contributed by atoms with Crippen LogP contribution in [0.1, 0.15) is 24.4 Å². The van der Waals surface area contributed by atoms with E-state index in [9.17, 15) is 10.1 Å². The standard InChI is InChI=1S/C20H23N5O3/c1-14(24(4)13-15-5-9-17(10-6-15)23(2)3)19-21-22-20(28-19)16-7-11-18(12-8-16)25(26)27/h5-12,14H,13H2,1-4H3/t14-/m0/s1. The molecule has 0 aliphatic carbocycles. The van der Waals surface area contributed by atoms with Crippen molar-refractivity contribution in [3.8, 4) is 11.5 Å². The van der Waals surface area contributed by atoms with E-state index < -0.39 is 4.92 Å². The molecule has 8 nitrogen and oxygen atoms in total. The average Bonchev–Trinajstić information content (AvgIpc) is 3.18. The number of rotatable bonds is 7. The fourth-order valence-corrected chi connectivity index (χ4v) is 2.76. The van der Waals surface area contributed by atoms with Gasteiger partial charge in [0.05, 0.1) is 11.0 Å². The van der Waals surface area contributed by atoms with Crippen molar-refractivity contribution in [1.82, 2.24) is 15.1 Å². The first-order valence-corrected chi connectivity index (χ1v) is 8.90. The van der Waals surface area contributed by atoms with Crippen LogP contribution in [0, 0.1) is 10.1 Å². The Morgan fingerprint density at radius 3 is 2.25 bits per heavy atom. The van der Waals surface area contributed by atoms with Crippen LogP contribution < -0.4 is 4.90 Å². The summed E-state index contributed by atoms with van der Waals surface area (Å²) < 4.78 is 5.80. The number of non-ortho nitro benzene ring substituents is 1. The monoisotopic (exact) mass is 381 g/mol. The zero-order valence-corrected chi connectivity index (χ0v) is 16.4. The Balaban J connectivity index is 1.68. The van der Waals surface area contributed by atoms with Crippen molar-refractivity contribution >= 4 is 11.4 Å². The lowest BCUT2D eigenvalue weighted by atomic mass is 10.1. The van der Waals surface area contributed by atoms with E-state index in [1.165, 1.54) is 17.7 Å². The molecular formula is C20H23N5O3. The molecule has 0 saturated carbocycles. The molecule has 0 spiro atoms. The van der Waals surface area contributed by atoms with E-state index >= 15 is 0 Å². The molecule has 0 radical (unpaired) electrons. The van der Waals surface area contributed by atoms with Gasteiger partial charge in [0, 0.05) is 44.0 Å². The van der Waals surface area contributed by atoms with Crippen molar-refractivity contribution < 1.29 is 9.34 Å². The molecule has 1 atom stereocenters. The van der Waals surface area contributed by atoms with Crippen LogP contribution in [0.15, 0.2) is 52.9 Å². The van der Waals surface area contributed by atoms with E-state index in [2.05, 4.69) is 44.3 Å². The molecule has 2 aromatic carbocycles. The largest absolute Gasteiger partial charge is 0.419 e. The van der Waals surface area contributed by atoms with Gasteiger partial charge >= 0.3 is 0 Å². The molecular weight excluding hydrogens is 358 g/mol. The van der Waals surface area contributed by atoms with Crippen molar-refractivity contribution in [2.45, 2.75) is 19.5 Å². The van der Waals surface area contributed by atoms with Crippen LogP contribution in [0.4, 0.5) is 11.4 Å². The summed E-state index contributed by atoms with van der Waals surface area (Å²) in [5, 5.41) is 19.0. The highest BCUT2D eigenvalue weighted by atomic mass is 16.6. The summed E-state index contributed by atoms with van der Waals surface area (Å²) in [6.07, 6.45) is 0. The van der Waals surface area contributed by atoms with Crippen LogP contribution >= 0.6 is 0 Å². The second kappa shape index (κ2) is 8.18. The van der Waals surface area contributed by atoms with Gasteiger partial charge in [-0.2, -0.15) is 0 Å². The normalized spacial score (nSPS) is 12.2. The third kappa shape index (κ3) is 4.34. The SMILES string of the molecule is C[C@@H](c1nnc(-c2ccc([N+](=O)[O-])cc2)o1)N(C)Cc1ccc(N(C)C)cc1. The summed E-state index contributed by atoms with van der Waals surface area (Å²) >= 11 is 0. The molecule has 1 aromatic heterocycles. The highest BCUT2D eigenvalue weighted by molar-refractivity contribution is 5.55. The molecule has 3 aromatic rings. The first-order valence-electron chi connectivity index (χ1n) is 8.90. The van der Waals surface area contributed by atoms with Gasteiger partial charge in [-0.3, -0.25) is 15.0 Å². The van der Waals surface area contributed by atoms with Crippen molar-refractivity contribution in [2.75, 3.05) is 26.0 Å². The Hall–Kier alpha value is -3.26. The van der Waals surface area contributed by atoms with E-state index in [0.29, 0.717) is 17.3 Å². The number of anilines is 1. The molecule has 0 aliphatic rings. The number of hydrogen-bond acceptors (Lipinski definition) is 7. The summed E-state index contributed by atoms with van der Waals surface area (Å²) in [6.45, 7) is 2.74.